The number of aliphatic hydroxyl groups is 1. The highest BCUT2D eigenvalue weighted by molar-refractivity contribution is 14.1. The number of rotatable bonds is 5. The summed E-state index contributed by atoms with van der Waals surface area (Å²) < 4.78 is 9.93. The summed E-state index contributed by atoms with van der Waals surface area (Å²) in [5.74, 6) is -1.04. The molecule has 0 aliphatic carbocycles. The average Bonchev–Trinajstić information content (AvgIpc) is 2.43. The van der Waals surface area contributed by atoms with Crippen LogP contribution in [0.15, 0.2) is 12.1 Å². The van der Waals surface area contributed by atoms with Crippen LogP contribution in [0, 0.1) is 25.0 Å². The van der Waals surface area contributed by atoms with Crippen LogP contribution >= 0.6 is 22.6 Å². The average molecular weight is 406 g/mol. The minimum atomic E-state index is -1.94. The number of nitriles is 1. The number of ether oxygens (including phenoxy) is 2. The van der Waals surface area contributed by atoms with E-state index < -0.39 is 28.8 Å². The molecule has 0 saturated heterocycles. The molecule has 1 aromatic carbocycles. The highest BCUT2D eigenvalue weighted by Crippen LogP contribution is 2.34. The van der Waals surface area contributed by atoms with Crippen molar-refractivity contribution >= 4 is 34.2 Å². The molecule has 9 heteroatoms. The Morgan fingerprint density at radius 2 is 2.24 bits per heavy atom. The molecule has 0 saturated carbocycles. The second-order valence-corrected chi connectivity index (χ2v) is 5.39. The van der Waals surface area contributed by atoms with Crippen LogP contribution in [0.4, 0.5) is 5.69 Å². The summed E-state index contributed by atoms with van der Waals surface area (Å²) in [4.78, 5) is 21.6. The van der Waals surface area contributed by atoms with Crippen molar-refractivity contribution in [2.24, 2.45) is 0 Å². The van der Waals surface area contributed by atoms with Crippen molar-refractivity contribution in [3.05, 3.63) is 31.4 Å². The van der Waals surface area contributed by atoms with Crippen LogP contribution in [-0.2, 0) is 9.53 Å². The summed E-state index contributed by atoms with van der Waals surface area (Å²) in [7, 11) is 1.10. The topological polar surface area (TPSA) is 123 Å². The first-order valence-electron chi connectivity index (χ1n) is 5.54. The van der Waals surface area contributed by atoms with Gasteiger partial charge in [0.15, 0.2) is 5.60 Å². The number of hydrogen-bond donors (Lipinski definition) is 1. The maximum atomic E-state index is 11.3. The summed E-state index contributed by atoms with van der Waals surface area (Å²) in [6.45, 7) is 0.642. The molecule has 112 valence electrons. The second-order valence-electron chi connectivity index (χ2n) is 4.23. The van der Waals surface area contributed by atoms with Crippen LogP contribution in [0.1, 0.15) is 12.5 Å². The van der Waals surface area contributed by atoms with Crippen LogP contribution in [0.25, 0.3) is 0 Å². The molecule has 0 aromatic heterocycles. The van der Waals surface area contributed by atoms with Gasteiger partial charge in [-0.1, -0.05) is 0 Å². The van der Waals surface area contributed by atoms with Gasteiger partial charge in [0, 0.05) is 6.07 Å². The van der Waals surface area contributed by atoms with E-state index in [4.69, 9.17) is 10.00 Å². The normalized spacial score (nSPS) is 12.9. The highest BCUT2D eigenvalue weighted by Gasteiger charge is 2.34. The summed E-state index contributed by atoms with van der Waals surface area (Å²) in [6.07, 6.45) is 0. The van der Waals surface area contributed by atoms with Crippen molar-refractivity contribution < 1.29 is 24.3 Å². The van der Waals surface area contributed by atoms with Gasteiger partial charge in [-0.15, -0.1) is 0 Å². The summed E-state index contributed by atoms with van der Waals surface area (Å²) in [5.41, 5.74) is -2.25. The lowest BCUT2D eigenvalue weighted by Crippen LogP contribution is -2.42. The van der Waals surface area contributed by atoms with E-state index in [1.807, 2.05) is 0 Å². The van der Waals surface area contributed by atoms with Crippen molar-refractivity contribution in [2.45, 2.75) is 12.5 Å². The van der Waals surface area contributed by atoms with Gasteiger partial charge in [-0.05, 0) is 35.6 Å². The number of halogens is 1. The molecular formula is C12H11IN2O6. The monoisotopic (exact) mass is 406 g/mol. The number of carbonyl (C=O) groups is 1. The van der Waals surface area contributed by atoms with Gasteiger partial charge in [0.05, 0.1) is 27.2 Å². The Labute approximate surface area is 133 Å². The predicted octanol–water partition coefficient (Wildman–Crippen LogP) is 1.37. The lowest BCUT2D eigenvalue weighted by atomic mass is 10.1. The molecule has 21 heavy (non-hydrogen) atoms. The molecule has 1 aromatic rings. The van der Waals surface area contributed by atoms with Gasteiger partial charge in [-0.2, -0.15) is 5.26 Å². The molecule has 1 atom stereocenters. The molecule has 0 aliphatic rings. The molecule has 0 bridgehead atoms. The molecule has 1 unspecified atom stereocenters. The second kappa shape index (κ2) is 6.68. The van der Waals surface area contributed by atoms with Gasteiger partial charge < -0.3 is 14.6 Å². The Balaban J connectivity index is 3.12. The van der Waals surface area contributed by atoms with E-state index in [0.717, 1.165) is 13.2 Å². The van der Waals surface area contributed by atoms with Gasteiger partial charge in [-0.25, -0.2) is 4.79 Å². The smallest absolute Gasteiger partial charge is 0.341 e. The zero-order valence-electron chi connectivity index (χ0n) is 11.1. The van der Waals surface area contributed by atoms with E-state index in [9.17, 15) is 20.0 Å². The highest BCUT2D eigenvalue weighted by atomic mass is 127. The Kier molecular flexibility index (Phi) is 5.45. The van der Waals surface area contributed by atoms with Gasteiger partial charge >= 0.3 is 11.7 Å². The number of nitro benzene ring substituents is 1. The van der Waals surface area contributed by atoms with Crippen LogP contribution < -0.4 is 4.74 Å². The molecule has 1 N–H and O–H groups in total. The number of esters is 1. The summed E-state index contributed by atoms with van der Waals surface area (Å²) in [6, 6.07) is 4.26. The van der Waals surface area contributed by atoms with E-state index in [0.29, 0.717) is 3.57 Å². The standard InChI is InChI=1S/C12H11IN2O6/c1-12(17,11(16)20-2)6-21-10-8(13)3-7(5-14)4-9(10)15(18)19/h3-4,17H,6H2,1-2H3. The molecular weight excluding hydrogens is 395 g/mol. The fourth-order valence-corrected chi connectivity index (χ4v) is 2.18. The van der Waals surface area contributed by atoms with Crippen molar-refractivity contribution in [3.63, 3.8) is 0 Å². The number of hydrogen-bond acceptors (Lipinski definition) is 7. The van der Waals surface area contributed by atoms with E-state index in [1.54, 1.807) is 28.7 Å². The third-order valence-electron chi connectivity index (χ3n) is 2.47. The molecule has 0 heterocycles. The maximum Gasteiger partial charge on any atom is 0.341 e. The third-order valence-corrected chi connectivity index (χ3v) is 3.27. The van der Waals surface area contributed by atoms with E-state index in [2.05, 4.69) is 4.74 Å². The van der Waals surface area contributed by atoms with Crippen LogP contribution in [0.2, 0.25) is 0 Å². The van der Waals surface area contributed by atoms with Crippen LogP contribution in [0.5, 0.6) is 5.75 Å². The molecule has 0 amide bonds. The lowest BCUT2D eigenvalue weighted by molar-refractivity contribution is -0.386. The molecule has 0 spiro atoms. The molecule has 0 fully saturated rings. The van der Waals surface area contributed by atoms with E-state index in [1.165, 1.54) is 13.0 Å². The van der Waals surface area contributed by atoms with Gasteiger partial charge in [0.25, 0.3) is 0 Å². The quantitative estimate of drug-likeness (QED) is 0.339. The first-order valence-corrected chi connectivity index (χ1v) is 6.62. The molecule has 0 aliphatic heterocycles. The SMILES string of the molecule is COC(=O)C(C)(O)COc1c(I)cc(C#N)cc1[N+](=O)[O-]. The van der Waals surface area contributed by atoms with Gasteiger partial charge in [-0.3, -0.25) is 10.1 Å². The zero-order chi connectivity index (χ0) is 16.2. The Morgan fingerprint density at radius 1 is 1.62 bits per heavy atom. The fourth-order valence-electron chi connectivity index (χ4n) is 1.41. The van der Waals surface area contributed by atoms with E-state index >= 15 is 0 Å². The maximum absolute atomic E-state index is 11.3. The number of benzene rings is 1. The Morgan fingerprint density at radius 3 is 2.71 bits per heavy atom. The van der Waals surface area contributed by atoms with Crippen LogP contribution in [0.3, 0.4) is 0 Å². The number of nitro groups is 1. The lowest BCUT2D eigenvalue weighted by Gasteiger charge is -2.20. The van der Waals surface area contributed by atoms with Crippen molar-refractivity contribution in [1.29, 1.82) is 5.26 Å². The van der Waals surface area contributed by atoms with Crippen molar-refractivity contribution in [3.8, 4) is 11.8 Å². The minimum Gasteiger partial charge on any atom is -0.482 e. The Hall–Kier alpha value is -1.93. The largest absolute Gasteiger partial charge is 0.482 e. The number of carbonyl (C=O) groups excluding carboxylic acids is 1. The molecule has 8 nitrogen and oxygen atoms in total. The first kappa shape index (κ1) is 17.1. The number of methoxy groups -OCH3 is 1. The first-order chi connectivity index (χ1) is 9.72. The van der Waals surface area contributed by atoms with E-state index in [-0.39, 0.29) is 11.3 Å². The van der Waals surface area contributed by atoms with Crippen molar-refractivity contribution in [1.82, 2.24) is 0 Å². The summed E-state index contributed by atoms with van der Waals surface area (Å²) in [5, 5.41) is 29.7. The number of nitrogens with zero attached hydrogens (tertiary/aromatic N) is 2. The van der Waals surface area contributed by atoms with Crippen molar-refractivity contribution in [2.75, 3.05) is 13.7 Å². The third kappa shape index (κ3) is 4.02. The van der Waals surface area contributed by atoms with Crippen LogP contribution in [-0.4, -0.2) is 35.3 Å². The van der Waals surface area contributed by atoms with Gasteiger partial charge in [0.1, 0.15) is 6.61 Å². The molecule has 0 radical (unpaired) electrons. The molecule has 1 rings (SSSR count). The van der Waals surface area contributed by atoms with Gasteiger partial charge in [0.2, 0.25) is 5.75 Å². The Bertz CT molecular complexity index is 623. The zero-order valence-corrected chi connectivity index (χ0v) is 13.3. The fraction of sp³-hybridized carbons (Fsp3) is 0.333. The predicted molar refractivity (Wildman–Crippen MR) is 78.7 cm³/mol. The summed E-state index contributed by atoms with van der Waals surface area (Å²) >= 11 is 1.77. The minimum absolute atomic E-state index is 0.109.